The molecule has 8 heavy (non-hydrogen) atoms. The van der Waals surface area contributed by atoms with Crippen LogP contribution in [0.25, 0.3) is 0 Å². The molecule has 0 unspecified atom stereocenters. The predicted octanol–water partition coefficient (Wildman–Crippen LogP) is -3.20. The molecule has 0 aliphatic carbocycles. The maximum atomic E-state index is 8.36. The first-order chi connectivity index (χ1) is 1.73. The standard InChI is InChI=1S/Mg.HNO3.3H2O/c;2-1(3)4;;;/h;(H,2,3,4);3*1H2. The smallest absolute Gasteiger partial charge is 0.291 e. The van der Waals surface area contributed by atoms with Crippen molar-refractivity contribution in [1.82, 2.24) is 0 Å². The topological polar surface area (TPSA) is 158 Å². The monoisotopic (exact) mass is 141 g/mol. The average molecular weight is 141 g/mol. The Bertz CT molecular complexity index is 31.5. The first kappa shape index (κ1) is 45.4. The Morgan fingerprint density at radius 1 is 1.25 bits per heavy atom. The van der Waals surface area contributed by atoms with Crippen molar-refractivity contribution in [1.29, 1.82) is 0 Å². The van der Waals surface area contributed by atoms with Crippen molar-refractivity contribution < 1.29 is 26.7 Å². The third kappa shape index (κ3) is 5810. The van der Waals surface area contributed by atoms with Crippen LogP contribution in [0.4, 0.5) is 0 Å². The third-order valence-electron chi connectivity index (χ3n) is 0. The van der Waals surface area contributed by atoms with E-state index >= 15 is 0 Å². The quantitative estimate of drug-likeness (QED) is 0.214. The van der Waals surface area contributed by atoms with E-state index in [0.717, 1.165) is 0 Å². The van der Waals surface area contributed by atoms with Crippen molar-refractivity contribution >= 4 is 23.1 Å². The van der Waals surface area contributed by atoms with Gasteiger partial charge < -0.3 is 21.6 Å². The Morgan fingerprint density at radius 2 is 1.25 bits per heavy atom. The lowest BCUT2D eigenvalue weighted by atomic mass is 13.1. The normalized spacial score (nSPS) is 3.00. The molecule has 2 radical (unpaired) electrons. The second kappa shape index (κ2) is 28.9. The number of nitrogens with zero attached hydrogens (tertiary/aromatic N) is 1. The van der Waals surface area contributed by atoms with Crippen molar-refractivity contribution in [3.05, 3.63) is 10.1 Å². The van der Waals surface area contributed by atoms with Crippen molar-refractivity contribution in [2.45, 2.75) is 0 Å². The van der Waals surface area contributed by atoms with Crippen LogP contribution in [0.1, 0.15) is 0 Å². The van der Waals surface area contributed by atoms with Crippen LogP contribution in [0.15, 0.2) is 0 Å². The van der Waals surface area contributed by atoms with Gasteiger partial charge in [-0.25, -0.2) is 0 Å². The van der Waals surface area contributed by atoms with Crippen LogP contribution >= 0.6 is 0 Å². The molecular formula is H7MgNO6. The van der Waals surface area contributed by atoms with Gasteiger partial charge in [0.05, 0.1) is 0 Å². The number of hydrogen-bond acceptors (Lipinski definition) is 2. The van der Waals surface area contributed by atoms with E-state index in [2.05, 4.69) is 0 Å². The second-order valence-corrected chi connectivity index (χ2v) is 0.238. The van der Waals surface area contributed by atoms with E-state index < -0.39 is 5.09 Å². The van der Waals surface area contributed by atoms with Crippen LogP contribution in [-0.4, -0.2) is 49.8 Å². The van der Waals surface area contributed by atoms with Crippen molar-refractivity contribution in [3.63, 3.8) is 0 Å². The molecule has 0 aliphatic rings. The van der Waals surface area contributed by atoms with Crippen molar-refractivity contribution in [2.75, 3.05) is 0 Å². The fourth-order valence-electron chi connectivity index (χ4n) is 0. The predicted molar refractivity (Wildman–Crippen MR) is 25.4 cm³/mol. The molecule has 0 fully saturated rings. The molecular weight excluding hydrogens is 134 g/mol. The van der Waals surface area contributed by atoms with Gasteiger partial charge in [0.15, 0.2) is 0 Å². The minimum Gasteiger partial charge on any atom is -0.412 e. The summed E-state index contributed by atoms with van der Waals surface area (Å²) in [5.41, 5.74) is 0. The summed E-state index contributed by atoms with van der Waals surface area (Å²) in [6, 6.07) is 0. The van der Waals surface area contributed by atoms with Gasteiger partial charge in [0.1, 0.15) is 0 Å². The summed E-state index contributed by atoms with van der Waals surface area (Å²) < 4.78 is 0. The lowest BCUT2D eigenvalue weighted by Crippen LogP contribution is -1.81. The van der Waals surface area contributed by atoms with Crippen molar-refractivity contribution in [3.8, 4) is 0 Å². The molecule has 0 amide bonds. The van der Waals surface area contributed by atoms with Gasteiger partial charge in [-0.3, -0.25) is 0 Å². The first-order valence-corrected chi connectivity index (χ1v) is 0.565. The molecule has 0 spiro atoms. The minimum atomic E-state index is -1.50. The maximum Gasteiger partial charge on any atom is 0.291 e. The summed E-state index contributed by atoms with van der Waals surface area (Å²) in [5.74, 6) is 0. The van der Waals surface area contributed by atoms with Gasteiger partial charge in [0.2, 0.25) is 0 Å². The van der Waals surface area contributed by atoms with E-state index in [4.69, 9.17) is 15.3 Å². The molecule has 0 atom stereocenters. The Labute approximate surface area is 60.5 Å². The summed E-state index contributed by atoms with van der Waals surface area (Å²) in [4.78, 5) is 8.36. The summed E-state index contributed by atoms with van der Waals surface area (Å²) in [6.07, 6.45) is 0. The van der Waals surface area contributed by atoms with Gasteiger partial charge in [-0.15, -0.1) is 10.1 Å². The fraction of sp³-hybridized carbons (Fsp3) is 0. The van der Waals surface area contributed by atoms with Gasteiger partial charge >= 0.3 is 0 Å². The Morgan fingerprint density at radius 3 is 1.25 bits per heavy atom. The van der Waals surface area contributed by atoms with E-state index in [-0.39, 0.29) is 39.5 Å². The lowest BCUT2D eigenvalue weighted by molar-refractivity contribution is -0.742. The van der Waals surface area contributed by atoms with Gasteiger partial charge in [0.25, 0.3) is 5.09 Å². The van der Waals surface area contributed by atoms with E-state index in [9.17, 15) is 0 Å². The molecule has 0 bridgehead atoms. The summed E-state index contributed by atoms with van der Waals surface area (Å²) in [7, 11) is 0. The van der Waals surface area contributed by atoms with Crippen molar-refractivity contribution in [2.24, 2.45) is 0 Å². The number of hydrogen-bond donors (Lipinski definition) is 1. The molecule has 0 aromatic rings. The van der Waals surface area contributed by atoms with E-state index in [0.29, 0.717) is 0 Å². The molecule has 8 heteroatoms. The van der Waals surface area contributed by atoms with Crippen LogP contribution < -0.4 is 0 Å². The molecule has 0 saturated carbocycles. The molecule has 0 saturated heterocycles. The molecule has 0 aromatic carbocycles. The van der Waals surface area contributed by atoms with E-state index in [1.807, 2.05) is 0 Å². The fourth-order valence-corrected chi connectivity index (χ4v) is 0. The van der Waals surface area contributed by atoms with Gasteiger partial charge in [0, 0.05) is 23.1 Å². The Kier molecular flexibility index (Phi) is 164. The van der Waals surface area contributed by atoms with Gasteiger partial charge in [-0.2, -0.15) is 0 Å². The van der Waals surface area contributed by atoms with Gasteiger partial charge in [-0.05, 0) is 0 Å². The summed E-state index contributed by atoms with van der Waals surface area (Å²) >= 11 is 0. The summed E-state index contributed by atoms with van der Waals surface area (Å²) in [5, 5.41) is 13.6. The molecule has 50 valence electrons. The third-order valence-corrected chi connectivity index (χ3v) is 0. The minimum absolute atomic E-state index is 0. The highest BCUT2D eigenvalue weighted by Crippen LogP contribution is 1.38. The molecule has 7 N–H and O–H groups in total. The highest BCUT2D eigenvalue weighted by Gasteiger charge is 1.65. The van der Waals surface area contributed by atoms with Gasteiger partial charge in [-0.1, -0.05) is 0 Å². The lowest BCUT2D eigenvalue weighted by Gasteiger charge is -1.56. The average Bonchev–Trinajstić information content (AvgIpc) is 0.811. The molecule has 0 aliphatic heterocycles. The largest absolute Gasteiger partial charge is 0.412 e. The Balaban J connectivity index is -0.00000000750. The molecule has 0 aromatic heterocycles. The van der Waals surface area contributed by atoms with E-state index in [1.165, 1.54) is 0 Å². The first-order valence-electron chi connectivity index (χ1n) is 0.565. The highest BCUT2D eigenvalue weighted by atomic mass is 24.3. The van der Waals surface area contributed by atoms with Crippen LogP contribution in [0.3, 0.4) is 0 Å². The molecule has 0 rings (SSSR count). The SMILES string of the molecule is O.O.O.O=[N+]([O-])O.[Mg]. The van der Waals surface area contributed by atoms with E-state index in [1.54, 1.807) is 0 Å². The Hall–Kier alpha value is -0.154. The van der Waals surface area contributed by atoms with Crippen LogP contribution in [0.5, 0.6) is 0 Å². The highest BCUT2D eigenvalue weighted by molar-refractivity contribution is 5.75. The number of rotatable bonds is 0. The second-order valence-electron chi connectivity index (χ2n) is 0.238. The van der Waals surface area contributed by atoms with Crippen LogP contribution in [0.2, 0.25) is 0 Å². The zero-order valence-electron chi connectivity index (χ0n) is 3.92. The molecule has 7 nitrogen and oxygen atoms in total. The summed E-state index contributed by atoms with van der Waals surface area (Å²) in [6.45, 7) is 0. The van der Waals surface area contributed by atoms with Crippen LogP contribution in [-0.2, 0) is 0 Å². The van der Waals surface area contributed by atoms with Crippen LogP contribution in [0, 0.1) is 10.1 Å². The zero-order chi connectivity index (χ0) is 3.58. The zero-order valence-corrected chi connectivity index (χ0v) is 5.33. The molecule has 0 heterocycles. The maximum absolute atomic E-state index is 8.36.